The van der Waals surface area contributed by atoms with E-state index < -0.39 is 5.54 Å². The van der Waals surface area contributed by atoms with Gasteiger partial charge in [-0.15, -0.1) is 0 Å². The summed E-state index contributed by atoms with van der Waals surface area (Å²) in [4.78, 5) is 31.6. The van der Waals surface area contributed by atoms with Gasteiger partial charge >= 0.3 is 0 Å². The summed E-state index contributed by atoms with van der Waals surface area (Å²) >= 11 is 0. The molecule has 8 nitrogen and oxygen atoms in total. The number of carbonyl (C=O) groups excluding carboxylic acids is 2. The normalized spacial score (nSPS) is 20.7. The summed E-state index contributed by atoms with van der Waals surface area (Å²) in [5, 5.41) is 8.03. The number of hydrogen-bond acceptors (Lipinski definition) is 5. The maximum absolute atomic E-state index is 13.8. The number of likely N-dealkylation sites (N-methyl/N-ethyl adjacent to an activating group) is 1. The minimum atomic E-state index is -1.00. The number of carbonyl (C=O) groups is 2. The molecule has 0 bridgehead atoms. The molecule has 2 amide bonds. The van der Waals surface area contributed by atoms with Crippen LogP contribution in [0.1, 0.15) is 63.4 Å². The predicted molar refractivity (Wildman–Crippen MR) is 136 cm³/mol. The van der Waals surface area contributed by atoms with Crippen LogP contribution >= 0.6 is 0 Å². The van der Waals surface area contributed by atoms with Crippen molar-refractivity contribution in [2.45, 2.75) is 71.0 Å². The van der Waals surface area contributed by atoms with Gasteiger partial charge in [0.2, 0.25) is 5.91 Å². The Labute approximate surface area is 208 Å². The first-order valence-corrected chi connectivity index (χ1v) is 13.0. The van der Waals surface area contributed by atoms with Crippen LogP contribution < -0.4 is 10.1 Å². The third-order valence-electron chi connectivity index (χ3n) is 7.65. The number of rotatable bonds is 9. The Morgan fingerprint density at radius 3 is 2.49 bits per heavy atom. The highest BCUT2D eigenvalue weighted by Crippen LogP contribution is 2.31. The van der Waals surface area contributed by atoms with E-state index in [2.05, 4.69) is 24.1 Å². The highest BCUT2D eigenvalue weighted by molar-refractivity contribution is 6.00. The van der Waals surface area contributed by atoms with Crippen molar-refractivity contribution < 1.29 is 14.3 Å². The molecule has 2 heterocycles. The van der Waals surface area contributed by atoms with Gasteiger partial charge in [-0.1, -0.05) is 33.1 Å². The Hall–Kier alpha value is -2.87. The van der Waals surface area contributed by atoms with Gasteiger partial charge in [0, 0.05) is 24.7 Å². The Bertz CT molecular complexity index is 1020. The van der Waals surface area contributed by atoms with Crippen LogP contribution in [0.25, 0.3) is 11.3 Å². The van der Waals surface area contributed by atoms with Crippen LogP contribution in [0.3, 0.4) is 0 Å². The van der Waals surface area contributed by atoms with Gasteiger partial charge in [0.05, 0.1) is 19.3 Å². The second kappa shape index (κ2) is 10.8. The topological polar surface area (TPSA) is 79.7 Å². The largest absolute Gasteiger partial charge is 0.497 e. The minimum Gasteiger partial charge on any atom is -0.497 e. The van der Waals surface area contributed by atoms with Crippen molar-refractivity contribution in [3.63, 3.8) is 0 Å². The van der Waals surface area contributed by atoms with E-state index in [1.807, 2.05) is 37.3 Å². The molecule has 0 spiro atoms. The van der Waals surface area contributed by atoms with Crippen molar-refractivity contribution in [3.8, 4) is 17.0 Å². The van der Waals surface area contributed by atoms with Crippen molar-refractivity contribution >= 4 is 11.8 Å². The summed E-state index contributed by atoms with van der Waals surface area (Å²) in [5.74, 6) is 0.546. The summed E-state index contributed by atoms with van der Waals surface area (Å²) in [6.45, 7) is 9.50. The monoisotopic (exact) mass is 481 g/mol. The molecule has 1 fully saturated rings. The lowest BCUT2D eigenvalue weighted by molar-refractivity contribution is -0.134. The lowest BCUT2D eigenvalue weighted by Crippen LogP contribution is -2.66. The summed E-state index contributed by atoms with van der Waals surface area (Å²) in [6, 6.07) is 9.66. The average molecular weight is 482 g/mol. The van der Waals surface area contributed by atoms with Crippen LogP contribution in [0.15, 0.2) is 30.3 Å². The molecule has 2 aliphatic rings. The van der Waals surface area contributed by atoms with Crippen LogP contribution in [0.4, 0.5) is 0 Å². The third kappa shape index (κ3) is 5.22. The molecule has 8 heteroatoms. The summed E-state index contributed by atoms with van der Waals surface area (Å²) in [6.07, 6.45) is 5.51. The molecule has 1 N–H and O–H groups in total. The predicted octanol–water partition coefficient (Wildman–Crippen LogP) is 3.56. The lowest BCUT2D eigenvalue weighted by Gasteiger charge is -2.44. The fraction of sp³-hybridized carbons (Fsp3) is 0.593. The fourth-order valence-corrected chi connectivity index (χ4v) is 5.26. The van der Waals surface area contributed by atoms with E-state index in [0.29, 0.717) is 18.8 Å². The van der Waals surface area contributed by atoms with E-state index in [9.17, 15) is 9.59 Å². The first-order chi connectivity index (χ1) is 16.9. The molecule has 1 aromatic heterocycles. The maximum atomic E-state index is 13.8. The molecule has 0 radical (unpaired) electrons. The van der Waals surface area contributed by atoms with E-state index in [4.69, 9.17) is 9.84 Å². The minimum absolute atomic E-state index is 0.0792. The summed E-state index contributed by atoms with van der Waals surface area (Å²) in [5.41, 5.74) is 1.15. The van der Waals surface area contributed by atoms with E-state index in [-0.39, 0.29) is 17.9 Å². The Balaban J connectivity index is 1.64. The molecule has 190 valence electrons. The standard InChI is InChI=1S/C27H39N5O3/c1-5-30(6-2)16-17-31-25(33)24-18-23(20-12-14-22(35-4)15-13-20)29-32(24)19-27(31,3)26(34)28-21-10-8-7-9-11-21/h12-15,18,21H,5-11,16-17,19H2,1-4H3,(H,28,34). The van der Waals surface area contributed by atoms with Crippen molar-refractivity contribution in [3.05, 3.63) is 36.0 Å². The summed E-state index contributed by atoms with van der Waals surface area (Å²) < 4.78 is 6.98. The van der Waals surface area contributed by atoms with E-state index >= 15 is 0 Å². The van der Waals surface area contributed by atoms with E-state index in [0.717, 1.165) is 62.3 Å². The number of amides is 2. The van der Waals surface area contributed by atoms with E-state index in [1.165, 1.54) is 6.42 Å². The highest BCUT2D eigenvalue weighted by atomic mass is 16.5. The second-order valence-electron chi connectivity index (χ2n) is 9.87. The van der Waals surface area contributed by atoms with Gasteiger partial charge in [0.1, 0.15) is 17.0 Å². The third-order valence-corrected chi connectivity index (χ3v) is 7.65. The number of fused-ring (bicyclic) bond motifs is 1. The van der Waals surface area contributed by atoms with Crippen molar-refractivity contribution in [2.24, 2.45) is 0 Å². The quantitative estimate of drug-likeness (QED) is 0.592. The van der Waals surface area contributed by atoms with Gasteiger partial charge in [0.15, 0.2) is 0 Å². The zero-order chi connectivity index (χ0) is 25.0. The Morgan fingerprint density at radius 2 is 1.86 bits per heavy atom. The molecular weight excluding hydrogens is 442 g/mol. The number of hydrogen-bond donors (Lipinski definition) is 1. The van der Waals surface area contributed by atoms with Crippen LogP contribution in [-0.4, -0.2) is 76.3 Å². The Kier molecular flexibility index (Phi) is 7.79. The zero-order valence-electron chi connectivity index (χ0n) is 21.5. The van der Waals surface area contributed by atoms with Crippen molar-refractivity contribution in [1.29, 1.82) is 0 Å². The van der Waals surface area contributed by atoms with Gasteiger partial charge < -0.3 is 19.9 Å². The molecule has 1 aromatic carbocycles. The van der Waals surface area contributed by atoms with Crippen LogP contribution in [-0.2, 0) is 11.3 Å². The SMILES string of the molecule is CCN(CC)CCN1C(=O)c2cc(-c3ccc(OC)cc3)nn2CC1(C)C(=O)NC1CCCCC1. The van der Waals surface area contributed by atoms with Crippen LogP contribution in [0.2, 0.25) is 0 Å². The molecule has 0 saturated heterocycles. The number of ether oxygens (including phenoxy) is 1. The molecular formula is C27H39N5O3. The molecule has 1 aliphatic carbocycles. The highest BCUT2D eigenvalue weighted by Gasteiger charge is 2.48. The van der Waals surface area contributed by atoms with Crippen molar-refractivity contribution in [2.75, 3.05) is 33.3 Å². The van der Waals surface area contributed by atoms with Crippen LogP contribution in [0.5, 0.6) is 5.75 Å². The lowest BCUT2D eigenvalue weighted by atomic mass is 9.91. The molecule has 1 saturated carbocycles. The van der Waals surface area contributed by atoms with Gasteiger partial charge in [-0.2, -0.15) is 5.10 Å². The van der Waals surface area contributed by atoms with Gasteiger partial charge in [-0.05, 0) is 63.2 Å². The fourth-order valence-electron chi connectivity index (χ4n) is 5.26. The zero-order valence-corrected chi connectivity index (χ0v) is 21.5. The van der Waals surface area contributed by atoms with Crippen LogP contribution in [0, 0.1) is 0 Å². The second-order valence-corrected chi connectivity index (χ2v) is 9.87. The molecule has 4 rings (SSSR count). The molecule has 35 heavy (non-hydrogen) atoms. The van der Waals surface area contributed by atoms with Gasteiger partial charge in [0.25, 0.3) is 5.91 Å². The van der Waals surface area contributed by atoms with E-state index in [1.54, 1.807) is 16.7 Å². The van der Waals surface area contributed by atoms with Gasteiger partial charge in [-0.25, -0.2) is 0 Å². The number of benzene rings is 1. The molecule has 1 unspecified atom stereocenters. The average Bonchev–Trinajstić information content (AvgIpc) is 3.30. The van der Waals surface area contributed by atoms with Gasteiger partial charge in [-0.3, -0.25) is 14.3 Å². The summed E-state index contributed by atoms with van der Waals surface area (Å²) in [7, 11) is 1.63. The number of methoxy groups -OCH3 is 1. The van der Waals surface area contributed by atoms with Crippen molar-refractivity contribution in [1.82, 2.24) is 24.9 Å². The smallest absolute Gasteiger partial charge is 0.273 e. The maximum Gasteiger partial charge on any atom is 0.273 e. The number of aromatic nitrogens is 2. The number of nitrogens with zero attached hydrogens (tertiary/aromatic N) is 4. The molecule has 1 atom stereocenters. The molecule has 2 aromatic rings. The Morgan fingerprint density at radius 1 is 1.17 bits per heavy atom. The first-order valence-electron chi connectivity index (χ1n) is 13.0. The first kappa shape index (κ1) is 25.2. The molecule has 1 aliphatic heterocycles. The number of nitrogens with one attached hydrogen (secondary N) is 1.